The van der Waals surface area contributed by atoms with Gasteiger partial charge in [0.1, 0.15) is 12.1 Å². The predicted octanol–water partition coefficient (Wildman–Crippen LogP) is 3.04. The van der Waals surface area contributed by atoms with Crippen LogP contribution in [0.3, 0.4) is 0 Å². The molecule has 0 saturated carbocycles. The molecule has 2 aromatic carbocycles. The van der Waals surface area contributed by atoms with Crippen LogP contribution in [0.5, 0.6) is 5.75 Å². The molecule has 0 radical (unpaired) electrons. The average Bonchev–Trinajstić information content (AvgIpc) is 3.26. The smallest absolute Gasteiger partial charge is 0.233 e. The van der Waals surface area contributed by atoms with E-state index in [0.717, 1.165) is 10.6 Å². The number of fused-ring (bicyclic) bond motifs is 1. The van der Waals surface area contributed by atoms with Crippen molar-refractivity contribution in [1.82, 2.24) is 14.4 Å². The molecule has 33 heavy (non-hydrogen) atoms. The van der Waals surface area contributed by atoms with Gasteiger partial charge >= 0.3 is 0 Å². The Hall–Kier alpha value is -4.16. The van der Waals surface area contributed by atoms with E-state index in [2.05, 4.69) is 15.9 Å². The minimum atomic E-state index is -3.56. The number of ether oxygens (including phenoxy) is 1. The van der Waals surface area contributed by atoms with Gasteiger partial charge in [0.2, 0.25) is 15.8 Å². The first-order valence-electron chi connectivity index (χ1n) is 9.86. The first kappa shape index (κ1) is 22.0. The van der Waals surface area contributed by atoms with E-state index in [-0.39, 0.29) is 18.0 Å². The Morgan fingerprint density at radius 3 is 2.58 bits per heavy atom. The van der Waals surface area contributed by atoms with Crippen molar-refractivity contribution in [1.29, 1.82) is 0 Å². The largest absolute Gasteiger partial charge is 0.497 e. The van der Waals surface area contributed by atoms with Gasteiger partial charge in [-0.2, -0.15) is 0 Å². The maximum Gasteiger partial charge on any atom is 0.233 e. The van der Waals surface area contributed by atoms with E-state index < -0.39 is 10.0 Å². The number of carbonyl (C=O) groups excluding carboxylic acids is 1. The molecule has 9 heteroatoms. The summed E-state index contributed by atoms with van der Waals surface area (Å²) in [4.78, 5) is 21.7. The number of sulfonamides is 1. The number of anilines is 1. The quantitative estimate of drug-likeness (QED) is 0.311. The third-order valence-corrected chi connectivity index (χ3v) is 6.20. The lowest BCUT2D eigenvalue weighted by molar-refractivity contribution is 0.103. The van der Waals surface area contributed by atoms with E-state index in [4.69, 9.17) is 11.2 Å². The first-order valence-corrected chi connectivity index (χ1v) is 11.7. The average molecular weight is 461 g/mol. The van der Waals surface area contributed by atoms with Gasteiger partial charge in [0.05, 0.1) is 31.3 Å². The topological polar surface area (TPSA) is 93.9 Å². The number of aromatic nitrogens is 3. The molecule has 0 amide bonds. The number of ketones is 1. The number of terminal acetylenes is 1. The molecule has 0 saturated heterocycles. The molecule has 166 valence electrons. The van der Waals surface area contributed by atoms with E-state index in [0.29, 0.717) is 33.9 Å². The fourth-order valence-electron chi connectivity index (χ4n) is 3.48. The number of hydrogen-bond acceptors (Lipinski definition) is 6. The van der Waals surface area contributed by atoms with E-state index in [1.54, 1.807) is 66.2 Å². The van der Waals surface area contributed by atoms with Crippen LogP contribution in [0, 0.1) is 12.3 Å². The van der Waals surface area contributed by atoms with Gasteiger partial charge in [-0.15, -0.1) is 6.42 Å². The van der Waals surface area contributed by atoms with Crippen LogP contribution in [0.15, 0.2) is 67.1 Å². The number of carbonyl (C=O) groups is 1. The predicted molar refractivity (Wildman–Crippen MR) is 126 cm³/mol. The van der Waals surface area contributed by atoms with Gasteiger partial charge in [0, 0.05) is 17.3 Å². The van der Waals surface area contributed by atoms with Crippen molar-refractivity contribution >= 4 is 27.1 Å². The molecule has 0 bridgehead atoms. The molecular weight excluding hydrogens is 440 g/mol. The molecule has 0 unspecified atom stereocenters. The second-order valence-electron chi connectivity index (χ2n) is 7.20. The summed E-state index contributed by atoms with van der Waals surface area (Å²) < 4.78 is 32.4. The van der Waals surface area contributed by atoms with Crippen LogP contribution < -0.4 is 9.04 Å². The van der Waals surface area contributed by atoms with Crippen molar-refractivity contribution in [3.8, 4) is 29.4 Å². The normalized spacial score (nSPS) is 11.2. The Morgan fingerprint density at radius 1 is 1.15 bits per heavy atom. The van der Waals surface area contributed by atoms with Crippen molar-refractivity contribution in [2.24, 2.45) is 0 Å². The van der Waals surface area contributed by atoms with Crippen LogP contribution in [-0.2, 0) is 10.0 Å². The first-order chi connectivity index (χ1) is 15.8. The zero-order valence-electron chi connectivity index (χ0n) is 18.0. The Kier molecular flexibility index (Phi) is 5.85. The molecule has 0 atom stereocenters. The van der Waals surface area contributed by atoms with Gasteiger partial charge in [-0.25, -0.2) is 18.4 Å². The number of hydrogen-bond donors (Lipinski definition) is 0. The highest BCUT2D eigenvalue weighted by Gasteiger charge is 2.20. The summed E-state index contributed by atoms with van der Waals surface area (Å²) >= 11 is 0. The molecule has 0 N–H and O–H groups in total. The molecule has 4 rings (SSSR count). The second-order valence-corrected chi connectivity index (χ2v) is 9.11. The third-order valence-electron chi connectivity index (χ3n) is 5.06. The van der Waals surface area contributed by atoms with Crippen molar-refractivity contribution in [3.63, 3.8) is 0 Å². The molecule has 2 aromatic heterocycles. The molecule has 0 aliphatic rings. The molecular formula is C24H20N4O4S. The molecule has 8 nitrogen and oxygen atoms in total. The summed E-state index contributed by atoms with van der Waals surface area (Å²) in [5.74, 6) is 2.76. The lowest BCUT2D eigenvalue weighted by Gasteiger charge is -2.20. The van der Waals surface area contributed by atoms with Gasteiger partial charge in [-0.05, 0) is 42.5 Å². The zero-order chi connectivity index (χ0) is 23.6. The molecule has 0 aliphatic heterocycles. The van der Waals surface area contributed by atoms with Crippen LogP contribution >= 0.6 is 0 Å². The molecule has 0 aliphatic carbocycles. The molecule has 0 fully saturated rings. The van der Waals surface area contributed by atoms with Crippen molar-refractivity contribution in [2.75, 3.05) is 24.2 Å². The van der Waals surface area contributed by atoms with Gasteiger partial charge in [-0.3, -0.25) is 13.5 Å². The standard InChI is InChI=1S/C24H20N4O4S/c1-4-14-28(33(3,30)31)19-7-5-6-18(15-19)21-12-13-25-24-22(26-16-27(21)24)23(29)17-8-10-20(32-2)11-9-17/h1,5-13,15-16H,14H2,2-3H3. The van der Waals surface area contributed by atoms with Gasteiger partial charge < -0.3 is 4.74 Å². The SMILES string of the molecule is C#CCN(c1cccc(-c2ccnc3c(C(=O)c4ccc(OC)cc4)ncn23)c1)S(C)(=O)=O. The van der Waals surface area contributed by atoms with E-state index in [1.807, 2.05) is 6.07 Å². The summed E-state index contributed by atoms with van der Waals surface area (Å²) in [5, 5.41) is 0. The van der Waals surface area contributed by atoms with Crippen LogP contribution in [-0.4, -0.2) is 48.5 Å². The number of methoxy groups -OCH3 is 1. The number of nitrogens with zero attached hydrogens (tertiary/aromatic N) is 4. The summed E-state index contributed by atoms with van der Waals surface area (Å²) in [6.07, 6.45) is 9.58. The zero-order valence-corrected chi connectivity index (χ0v) is 18.8. The van der Waals surface area contributed by atoms with Crippen LogP contribution in [0.4, 0.5) is 5.69 Å². The summed E-state index contributed by atoms with van der Waals surface area (Å²) in [7, 11) is -2.00. The highest BCUT2D eigenvalue weighted by molar-refractivity contribution is 7.92. The highest BCUT2D eigenvalue weighted by Crippen LogP contribution is 2.27. The maximum atomic E-state index is 13.0. The van der Waals surface area contributed by atoms with Gasteiger partial charge in [0.25, 0.3) is 0 Å². The van der Waals surface area contributed by atoms with Crippen molar-refractivity contribution in [3.05, 3.63) is 78.4 Å². The number of imidazole rings is 1. The Labute approximate surface area is 191 Å². The number of benzene rings is 2. The van der Waals surface area contributed by atoms with E-state index >= 15 is 0 Å². The van der Waals surface area contributed by atoms with Crippen molar-refractivity contribution in [2.45, 2.75) is 0 Å². The fourth-order valence-corrected chi connectivity index (χ4v) is 4.28. The lowest BCUT2D eigenvalue weighted by atomic mass is 10.1. The summed E-state index contributed by atoms with van der Waals surface area (Å²) in [5.41, 5.74) is 2.91. The van der Waals surface area contributed by atoms with E-state index in [9.17, 15) is 13.2 Å². The Bertz CT molecular complexity index is 1490. The minimum absolute atomic E-state index is 0.0837. The molecule has 0 spiro atoms. The van der Waals surface area contributed by atoms with Crippen LogP contribution in [0.25, 0.3) is 16.9 Å². The third kappa shape index (κ3) is 4.29. The number of rotatable bonds is 7. The maximum absolute atomic E-state index is 13.0. The second kappa shape index (κ2) is 8.76. The lowest BCUT2D eigenvalue weighted by Crippen LogP contribution is -2.30. The van der Waals surface area contributed by atoms with Crippen LogP contribution in [0.1, 0.15) is 16.1 Å². The minimum Gasteiger partial charge on any atom is -0.497 e. The molecule has 4 aromatic rings. The Morgan fingerprint density at radius 2 is 1.91 bits per heavy atom. The van der Waals surface area contributed by atoms with E-state index in [1.165, 1.54) is 6.33 Å². The summed E-state index contributed by atoms with van der Waals surface area (Å²) in [6.45, 7) is -0.0837. The monoisotopic (exact) mass is 460 g/mol. The molecule has 2 heterocycles. The van der Waals surface area contributed by atoms with Crippen LogP contribution in [0.2, 0.25) is 0 Å². The summed E-state index contributed by atoms with van der Waals surface area (Å²) in [6, 6.07) is 15.5. The van der Waals surface area contributed by atoms with Crippen molar-refractivity contribution < 1.29 is 17.9 Å². The van der Waals surface area contributed by atoms with Gasteiger partial charge in [-0.1, -0.05) is 18.1 Å². The highest BCUT2D eigenvalue weighted by atomic mass is 32.2. The van der Waals surface area contributed by atoms with Gasteiger partial charge in [0.15, 0.2) is 11.3 Å². The fraction of sp³-hybridized carbons (Fsp3) is 0.125. The Balaban J connectivity index is 1.77.